The number of hydrogen-bond acceptors (Lipinski definition) is 4. The summed E-state index contributed by atoms with van der Waals surface area (Å²) in [6, 6.07) is 9.53. The molecule has 2 aromatic rings. The van der Waals surface area contributed by atoms with E-state index in [1.165, 1.54) is 12.1 Å². The standard InChI is InChI=1S/C17H15BrClNO4/c1-9-7-12(19)4-6-15(9)24-10(2)16(21)20-14-5-3-11(18)8-13(14)17(22)23/h3-8,10H,1-2H3,(H,20,21)(H,22,23)/p-1/t10-/m1/s1. The van der Waals surface area contributed by atoms with Gasteiger partial charge in [0, 0.05) is 20.7 Å². The van der Waals surface area contributed by atoms with Gasteiger partial charge in [0.2, 0.25) is 0 Å². The largest absolute Gasteiger partial charge is 0.545 e. The zero-order valence-corrected chi connectivity index (χ0v) is 15.3. The van der Waals surface area contributed by atoms with Crippen molar-refractivity contribution in [3.8, 4) is 5.75 Å². The predicted octanol–water partition coefficient (Wildman–Crippen LogP) is 3.18. The van der Waals surface area contributed by atoms with E-state index in [0.29, 0.717) is 15.2 Å². The molecule has 0 spiro atoms. The van der Waals surface area contributed by atoms with Crippen LogP contribution in [0.4, 0.5) is 5.69 Å². The number of carboxylic acid groups (broad SMARTS) is 1. The number of anilines is 1. The van der Waals surface area contributed by atoms with Gasteiger partial charge in [-0.25, -0.2) is 0 Å². The minimum atomic E-state index is -1.38. The average molecular weight is 412 g/mol. The molecule has 0 heterocycles. The molecule has 0 unspecified atom stereocenters. The van der Waals surface area contributed by atoms with Gasteiger partial charge in [0.05, 0.1) is 5.97 Å². The van der Waals surface area contributed by atoms with Crippen LogP contribution in [0, 0.1) is 6.92 Å². The van der Waals surface area contributed by atoms with Crippen molar-refractivity contribution in [2.45, 2.75) is 20.0 Å². The molecule has 0 radical (unpaired) electrons. The Hall–Kier alpha value is -2.05. The number of carbonyl (C=O) groups excluding carboxylic acids is 2. The lowest BCUT2D eigenvalue weighted by Gasteiger charge is -2.18. The summed E-state index contributed by atoms with van der Waals surface area (Å²) < 4.78 is 6.19. The molecule has 0 aliphatic heterocycles. The molecule has 0 bridgehead atoms. The molecule has 7 heteroatoms. The monoisotopic (exact) mass is 410 g/mol. The molecule has 1 atom stereocenters. The van der Waals surface area contributed by atoms with E-state index in [2.05, 4.69) is 21.2 Å². The fourth-order valence-corrected chi connectivity index (χ4v) is 2.61. The summed E-state index contributed by atoms with van der Waals surface area (Å²) in [5.41, 5.74) is 0.820. The summed E-state index contributed by atoms with van der Waals surface area (Å²) >= 11 is 9.06. The lowest BCUT2D eigenvalue weighted by atomic mass is 10.1. The number of ether oxygens (including phenoxy) is 1. The first-order chi connectivity index (χ1) is 11.3. The first-order valence-electron chi connectivity index (χ1n) is 7.02. The fourth-order valence-electron chi connectivity index (χ4n) is 2.02. The zero-order chi connectivity index (χ0) is 17.9. The van der Waals surface area contributed by atoms with Crippen LogP contribution in [-0.2, 0) is 4.79 Å². The van der Waals surface area contributed by atoms with Crippen LogP contribution in [0.2, 0.25) is 5.02 Å². The third-order valence-electron chi connectivity index (χ3n) is 3.27. The van der Waals surface area contributed by atoms with Gasteiger partial charge < -0.3 is 20.0 Å². The summed E-state index contributed by atoms with van der Waals surface area (Å²) in [6.07, 6.45) is -0.830. The normalized spacial score (nSPS) is 11.7. The lowest BCUT2D eigenvalue weighted by molar-refractivity contribution is -0.254. The van der Waals surface area contributed by atoms with Crippen LogP contribution in [0.5, 0.6) is 5.75 Å². The molecule has 0 aliphatic carbocycles. The van der Waals surface area contributed by atoms with Gasteiger partial charge in [-0.15, -0.1) is 0 Å². The summed E-state index contributed by atoms with van der Waals surface area (Å²) in [6.45, 7) is 3.38. The summed E-state index contributed by atoms with van der Waals surface area (Å²) in [5, 5.41) is 14.3. The smallest absolute Gasteiger partial charge is 0.265 e. The third-order valence-corrected chi connectivity index (χ3v) is 4.00. The average Bonchev–Trinajstić information content (AvgIpc) is 2.51. The number of rotatable bonds is 5. The summed E-state index contributed by atoms with van der Waals surface area (Å²) in [7, 11) is 0. The second kappa shape index (κ2) is 7.68. The summed E-state index contributed by atoms with van der Waals surface area (Å²) in [5.74, 6) is -1.33. The van der Waals surface area contributed by atoms with Gasteiger partial charge in [0.1, 0.15) is 5.75 Å². The van der Waals surface area contributed by atoms with Gasteiger partial charge in [-0.3, -0.25) is 4.79 Å². The molecule has 0 saturated carbocycles. The topological polar surface area (TPSA) is 78.5 Å². The molecule has 1 N–H and O–H groups in total. The Balaban J connectivity index is 2.13. The molecule has 0 aliphatic rings. The van der Waals surface area contributed by atoms with E-state index in [9.17, 15) is 14.7 Å². The van der Waals surface area contributed by atoms with Crippen LogP contribution in [0.3, 0.4) is 0 Å². The summed E-state index contributed by atoms with van der Waals surface area (Å²) in [4.78, 5) is 23.4. The number of aromatic carboxylic acids is 1. The number of aryl methyl sites for hydroxylation is 1. The van der Waals surface area contributed by atoms with Gasteiger partial charge in [0.15, 0.2) is 6.10 Å². The van der Waals surface area contributed by atoms with Crippen molar-refractivity contribution in [2.24, 2.45) is 0 Å². The van der Waals surface area contributed by atoms with Crippen LogP contribution < -0.4 is 15.2 Å². The van der Waals surface area contributed by atoms with Crippen LogP contribution in [0.1, 0.15) is 22.8 Å². The lowest BCUT2D eigenvalue weighted by Crippen LogP contribution is -2.32. The van der Waals surface area contributed by atoms with Gasteiger partial charge >= 0.3 is 0 Å². The minimum absolute atomic E-state index is 0.118. The van der Waals surface area contributed by atoms with E-state index < -0.39 is 18.0 Å². The minimum Gasteiger partial charge on any atom is -0.545 e. The molecule has 1 amide bonds. The molecular formula is C17H14BrClNO4-. The van der Waals surface area contributed by atoms with E-state index in [4.69, 9.17) is 16.3 Å². The van der Waals surface area contributed by atoms with Crippen molar-refractivity contribution in [2.75, 3.05) is 5.32 Å². The molecule has 0 aromatic heterocycles. The van der Waals surface area contributed by atoms with Gasteiger partial charge in [-0.2, -0.15) is 0 Å². The van der Waals surface area contributed by atoms with E-state index in [-0.39, 0.29) is 11.3 Å². The van der Waals surface area contributed by atoms with Crippen LogP contribution in [0.25, 0.3) is 0 Å². The SMILES string of the molecule is Cc1cc(Cl)ccc1O[C@H](C)C(=O)Nc1ccc(Br)cc1C(=O)[O-]. The highest BCUT2D eigenvalue weighted by Crippen LogP contribution is 2.24. The Morgan fingerprint density at radius 1 is 1.25 bits per heavy atom. The van der Waals surface area contributed by atoms with E-state index in [1.807, 2.05) is 6.92 Å². The van der Waals surface area contributed by atoms with Crippen LogP contribution in [0.15, 0.2) is 40.9 Å². The van der Waals surface area contributed by atoms with Crippen LogP contribution in [-0.4, -0.2) is 18.0 Å². The van der Waals surface area contributed by atoms with Crippen molar-refractivity contribution >= 4 is 45.1 Å². The molecular weight excluding hydrogens is 398 g/mol. The molecule has 2 rings (SSSR count). The second-order valence-electron chi connectivity index (χ2n) is 5.14. The molecule has 126 valence electrons. The molecule has 0 saturated heterocycles. The maximum atomic E-state index is 12.3. The molecule has 0 fully saturated rings. The second-order valence-corrected chi connectivity index (χ2v) is 6.49. The van der Waals surface area contributed by atoms with Crippen molar-refractivity contribution in [3.63, 3.8) is 0 Å². The number of nitrogens with one attached hydrogen (secondary N) is 1. The Bertz CT molecular complexity index is 794. The van der Waals surface area contributed by atoms with Gasteiger partial charge in [0.25, 0.3) is 5.91 Å². The maximum absolute atomic E-state index is 12.3. The molecule has 5 nitrogen and oxygen atoms in total. The third kappa shape index (κ3) is 4.49. The zero-order valence-electron chi connectivity index (χ0n) is 12.9. The van der Waals surface area contributed by atoms with Gasteiger partial charge in [-0.1, -0.05) is 27.5 Å². The Morgan fingerprint density at radius 3 is 2.58 bits per heavy atom. The Morgan fingerprint density at radius 2 is 1.96 bits per heavy atom. The van der Waals surface area contributed by atoms with Crippen molar-refractivity contribution in [3.05, 3.63) is 57.0 Å². The highest BCUT2D eigenvalue weighted by atomic mass is 79.9. The number of halogens is 2. The van der Waals surface area contributed by atoms with E-state index >= 15 is 0 Å². The molecule has 24 heavy (non-hydrogen) atoms. The van der Waals surface area contributed by atoms with E-state index in [1.54, 1.807) is 31.2 Å². The predicted molar refractivity (Wildman–Crippen MR) is 93.4 cm³/mol. The van der Waals surface area contributed by atoms with Gasteiger partial charge in [-0.05, 0) is 55.8 Å². The van der Waals surface area contributed by atoms with Crippen molar-refractivity contribution < 1.29 is 19.4 Å². The van der Waals surface area contributed by atoms with Crippen molar-refractivity contribution in [1.82, 2.24) is 0 Å². The number of carbonyl (C=O) groups is 2. The first kappa shape index (κ1) is 18.3. The fraction of sp³-hybridized carbons (Fsp3) is 0.176. The highest BCUT2D eigenvalue weighted by Gasteiger charge is 2.17. The highest BCUT2D eigenvalue weighted by molar-refractivity contribution is 9.10. The molecule has 2 aromatic carbocycles. The van der Waals surface area contributed by atoms with E-state index in [0.717, 1.165) is 5.56 Å². The first-order valence-corrected chi connectivity index (χ1v) is 8.19. The Kier molecular flexibility index (Phi) is 5.85. The maximum Gasteiger partial charge on any atom is 0.265 e. The number of benzene rings is 2. The van der Waals surface area contributed by atoms with Crippen molar-refractivity contribution in [1.29, 1.82) is 0 Å². The quantitative estimate of drug-likeness (QED) is 0.819. The van der Waals surface area contributed by atoms with Crippen LogP contribution >= 0.6 is 27.5 Å². The number of carboxylic acids is 1. The number of amides is 1. The number of hydrogen-bond donors (Lipinski definition) is 1. The Labute approximate surface area is 152 Å².